The molecule has 40 heavy (non-hydrogen) atoms. The maximum Gasteiger partial charge on any atom is 0.351 e. The molecule has 0 aliphatic carbocycles. The number of rotatable bonds is 5. The van der Waals surface area contributed by atoms with Gasteiger partial charge in [-0.1, -0.05) is 0 Å². The number of pyridine rings is 2. The van der Waals surface area contributed by atoms with E-state index in [0.717, 1.165) is 41.6 Å². The van der Waals surface area contributed by atoms with Crippen molar-refractivity contribution in [2.24, 2.45) is 0 Å². The number of amides is 6. The molecule has 0 spiro atoms. The summed E-state index contributed by atoms with van der Waals surface area (Å²) in [5.41, 5.74) is 2.61. The van der Waals surface area contributed by atoms with E-state index in [4.69, 9.17) is 0 Å². The lowest BCUT2D eigenvalue weighted by Gasteiger charge is -2.28. The van der Waals surface area contributed by atoms with Gasteiger partial charge < -0.3 is 9.97 Å². The highest BCUT2D eigenvalue weighted by atomic mass is 16.2. The maximum absolute atomic E-state index is 13.8. The van der Waals surface area contributed by atoms with E-state index >= 15 is 0 Å². The largest absolute Gasteiger partial charge is 0.359 e. The highest BCUT2D eigenvalue weighted by molar-refractivity contribution is 6.19. The topological polar surface area (TPSA) is 139 Å². The Morgan fingerprint density at radius 2 is 1.07 bits per heavy atom. The van der Waals surface area contributed by atoms with Crippen molar-refractivity contribution in [3.63, 3.8) is 0 Å². The van der Waals surface area contributed by atoms with Crippen molar-refractivity contribution in [3.05, 3.63) is 71.8 Å². The SMILES string of the molecule is CC(C)N1C(=O)/C(=C/c2c[nH]c3cnccc23)N(N2C(=O)N(C(C)C)C(=O)/C2=C/c2c[nH]c3cnccc23)C1=O. The van der Waals surface area contributed by atoms with Crippen LogP contribution in [0.4, 0.5) is 9.59 Å². The van der Waals surface area contributed by atoms with Gasteiger partial charge in [-0.15, -0.1) is 0 Å². The Hall–Kier alpha value is -5.26. The standard InChI is InChI=1S/C28H26N8O4/c1-15(2)33-25(37)23(9-17-11-31-21-13-29-7-5-19(17)21)35(27(33)39)36-24(26(38)34(16(3)4)28(36)40)10-18-12-32-22-14-30-8-6-20(18)22/h5-16,31-32H,1-4H3/b23-9-,24-10-. The molecule has 2 fully saturated rings. The number of hydrazine groups is 1. The predicted octanol–water partition coefficient (Wildman–Crippen LogP) is 4.08. The summed E-state index contributed by atoms with van der Waals surface area (Å²) in [7, 11) is 0. The fourth-order valence-electron chi connectivity index (χ4n) is 5.08. The lowest BCUT2D eigenvalue weighted by molar-refractivity contribution is -0.125. The van der Waals surface area contributed by atoms with Crippen molar-refractivity contribution in [2.75, 3.05) is 0 Å². The number of carbonyl (C=O) groups excluding carboxylic acids is 4. The van der Waals surface area contributed by atoms with Gasteiger partial charge in [-0.25, -0.2) is 9.59 Å². The van der Waals surface area contributed by atoms with Crippen LogP contribution in [0.3, 0.4) is 0 Å². The van der Waals surface area contributed by atoms with Crippen molar-refractivity contribution in [1.82, 2.24) is 39.8 Å². The average Bonchev–Trinajstić information content (AvgIpc) is 3.64. The molecule has 12 heteroatoms. The molecule has 2 saturated heterocycles. The summed E-state index contributed by atoms with van der Waals surface area (Å²) >= 11 is 0. The van der Waals surface area contributed by atoms with Crippen LogP contribution in [-0.4, -0.2) is 75.7 Å². The van der Waals surface area contributed by atoms with Gasteiger partial charge in [0.05, 0.1) is 23.4 Å². The molecule has 0 atom stereocenters. The average molecular weight is 539 g/mol. The molecule has 2 N–H and O–H groups in total. The zero-order valence-electron chi connectivity index (χ0n) is 22.2. The van der Waals surface area contributed by atoms with Crippen LogP contribution in [0.25, 0.3) is 34.0 Å². The lowest BCUT2D eigenvalue weighted by atomic mass is 10.1. The number of imide groups is 2. The van der Waals surface area contributed by atoms with Crippen LogP contribution >= 0.6 is 0 Å². The quantitative estimate of drug-likeness (QED) is 0.290. The Kier molecular flexibility index (Phi) is 5.75. The third kappa shape index (κ3) is 3.67. The molecule has 2 aliphatic rings. The third-order valence-electron chi connectivity index (χ3n) is 6.95. The van der Waals surface area contributed by atoms with Crippen molar-refractivity contribution >= 4 is 57.8 Å². The van der Waals surface area contributed by atoms with Crippen LogP contribution < -0.4 is 0 Å². The number of fused-ring (bicyclic) bond motifs is 2. The van der Waals surface area contributed by atoms with Crippen LogP contribution in [-0.2, 0) is 9.59 Å². The van der Waals surface area contributed by atoms with E-state index in [1.165, 1.54) is 0 Å². The van der Waals surface area contributed by atoms with Crippen molar-refractivity contribution in [2.45, 2.75) is 39.8 Å². The Morgan fingerprint density at radius 3 is 1.45 bits per heavy atom. The van der Waals surface area contributed by atoms with Gasteiger partial charge in [-0.3, -0.25) is 29.4 Å². The van der Waals surface area contributed by atoms with E-state index in [-0.39, 0.29) is 11.4 Å². The summed E-state index contributed by atoms with van der Waals surface area (Å²) in [4.78, 5) is 71.6. The minimum atomic E-state index is -0.728. The van der Waals surface area contributed by atoms with E-state index in [1.807, 2.05) is 0 Å². The van der Waals surface area contributed by atoms with Gasteiger partial charge in [-0.05, 0) is 52.0 Å². The molecule has 6 heterocycles. The Labute approximate surface area is 228 Å². The number of carbonyl (C=O) groups is 4. The van der Waals surface area contributed by atoms with Gasteiger partial charge in [0, 0.05) is 58.8 Å². The first-order chi connectivity index (χ1) is 19.2. The maximum atomic E-state index is 13.8. The molecule has 0 bridgehead atoms. The first kappa shape index (κ1) is 25.0. The summed E-state index contributed by atoms with van der Waals surface area (Å²) in [5.74, 6) is -1.16. The van der Waals surface area contributed by atoms with E-state index in [0.29, 0.717) is 11.1 Å². The monoisotopic (exact) mass is 538 g/mol. The second-order valence-electron chi connectivity index (χ2n) is 10.1. The number of aromatic amines is 2. The zero-order chi connectivity index (χ0) is 28.3. The molecular weight excluding hydrogens is 512 g/mol. The first-order valence-corrected chi connectivity index (χ1v) is 12.8. The number of aromatic nitrogens is 4. The van der Waals surface area contributed by atoms with Crippen LogP contribution in [0.2, 0.25) is 0 Å². The van der Waals surface area contributed by atoms with Gasteiger partial charge in [0.15, 0.2) is 0 Å². The summed E-state index contributed by atoms with van der Waals surface area (Å²) in [6, 6.07) is 1.12. The summed E-state index contributed by atoms with van der Waals surface area (Å²) in [6.07, 6.45) is 13.0. The van der Waals surface area contributed by atoms with Gasteiger partial charge in [0.25, 0.3) is 11.8 Å². The molecule has 6 rings (SSSR count). The fourth-order valence-corrected chi connectivity index (χ4v) is 5.08. The zero-order valence-corrected chi connectivity index (χ0v) is 22.2. The van der Waals surface area contributed by atoms with E-state index in [1.54, 1.807) is 89.2 Å². The smallest absolute Gasteiger partial charge is 0.351 e. The van der Waals surface area contributed by atoms with Crippen LogP contribution in [0.15, 0.2) is 60.7 Å². The predicted molar refractivity (Wildman–Crippen MR) is 147 cm³/mol. The molecule has 0 unspecified atom stereocenters. The Bertz CT molecular complexity index is 1650. The Morgan fingerprint density at radius 1 is 0.675 bits per heavy atom. The molecule has 2 aliphatic heterocycles. The molecule has 0 aromatic carbocycles. The molecule has 4 aromatic rings. The van der Waals surface area contributed by atoms with E-state index in [2.05, 4.69) is 19.9 Å². The molecule has 12 nitrogen and oxygen atoms in total. The number of H-pyrrole nitrogens is 2. The number of nitrogens with one attached hydrogen (secondary N) is 2. The third-order valence-corrected chi connectivity index (χ3v) is 6.95. The van der Waals surface area contributed by atoms with Gasteiger partial charge in [0.2, 0.25) is 0 Å². The second-order valence-corrected chi connectivity index (χ2v) is 10.1. The minimum Gasteiger partial charge on any atom is -0.359 e. The number of hydrogen-bond acceptors (Lipinski definition) is 6. The fraction of sp³-hybridized carbons (Fsp3) is 0.214. The molecule has 0 saturated carbocycles. The number of nitrogens with zero attached hydrogens (tertiary/aromatic N) is 6. The van der Waals surface area contributed by atoms with Crippen molar-refractivity contribution in [3.8, 4) is 0 Å². The molecule has 6 amide bonds. The molecule has 0 radical (unpaired) electrons. The summed E-state index contributed by atoms with van der Waals surface area (Å²) < 4.78 is 0. The lowest BCUT2D eigenvalue weighted by Crippen LogP contribution is -2.48. The number of urea groups is 2. The van der Waals surface area contributed by atoms with Crippen LogP contribution in [0, 0.1) is 0 Å². The van der Waals surface area contributed by atoms with Crippen LogP contribution in [0.1, 0.15) is 38.8 Å². The Balaban J connectivity index is 1.55. The summed E-state index contributed by atoms with van der Waals surface area (Å²) in [5, 5.41) is 3.57. The summed E-state index contributed by atoms with van der Waals surface area (Å²) in [6.45, 7) is 6.84. The van der Waals surface area contributed by atoms with Gasteiger partial charge >= 0.3 is 12.1 Å². The van der Waals surface area contributed by atoms with Crippen molar-refractivity contribution in [1.29, 1.82) is 0 Å². The molecule has 202 valence electrons. The highest BCUT2D eigenvalue weighted by Crippen LogP contribution is 2.36. The minimum absolute atomic E-state index is 0.0582. The molecule has 4 aromatic heterocycles. The van der Waals surface area contributed by atoms with Crippen molar-refractivity contribution < 1.29 is 19.2 Å². The molecular formula is C28H26N8O4. The number of hydrogen-bond donors (Lipinski definition) is 2. The van der Waals surface area contributed by atoms with E-state index in [9.17, 15) is 19.2 Å². The normalized spacial score (nSPS) is 18.6. The first-order valence-electron chi connectivity index (χ1n) is 12.8. The second kappa shape index (κ2) is 9.19. The highest BCUT2D eigenvalue weighted by Gasteiger charge is 2.54. The van der Waals surface area contributed by atoms with Gasteiger partial charge in [-0.2, -0.15) is 10.0 Å². The van der Waals surface area contributed by atoms with E-state index < -0.39 is 36.0 Å². The van der Waals surface area contributed by atoms with Crippen LogP contribution in [0.5, 0.6) is 0 Å². The van der Waals surface area contributed by atoms with Gasteiger partial charge in [0.1, 0.15) is 11.4 Å².